The van der Waals surface area contributed by atoms with Crippen LogP contribution in [0.15, 0.2) is 61.2 Å². The van der Waals surface area contributed by atoms with Crippen molar-refractivity contribution < 1.29 is 31.0 Å². The highest BCUT2D eigenvalue weighted by molar-refractivity contribution is 5.82. The Labute approximate surface area is 286 Å². The number of rotatable bonds is 3. The van der Waals surface area contributed by atoms with Crippen LogP contribution >= 0.6 is 0 Å². The van der Waals surface area contributed by atoms with Crippen LogP contribution in [0.5, 0.6) is 0 Å². The molecule has 3 aromatic rings. The zero-order valence-corrected chi connectivity index (χ0v) is 29.9. The van der Waals surface area contributed by atoms with Crippen LogP contribution in [0.1, 0.15) is 97.1 Å². The summed E-state index contributed by atoms with van der Waals surface area (Å²) in [7, 11) is 0. The average Bonchev–Trinajstić information content (AvgIpc) is 3.25. The number of ether oxygens (including phenoxy) is 2. The van der Waals surface area contributed by atoms with Gasteiger partial charge in [-0.25, -0.2) is 9.13 Å². The van der Waals surface area contributed by atoms with Crippen molar-refractivity contribution in [2.24, 2.45) is 57.7 Å². The second-order valence-corrected chi connectivity index (χ2v) is 17.8. The molecule has 5 aliphatic carbocycles. The SMILES string of the molecule is C[C@@H]1CC[C@@]2(OC1)O[C@H]1C[C@H]3[C@@H]4C[C@H](n5cc[n+](Cc6ccc7ccccc7c6)c5)[C@]56C[C@H]5CC[C@]6(C)[C@H]4CC[C@]3(C)[C@H]1[C@@H]2C.[Br-]. The van der Waals surface area contributed by atoms with E-state index in [2.05, 4.69) is 98.0 Å². The summed E-state index contributed by atoms with van der Waals surface area (Å²) in [5.74, 6) is 4.91. The topological polar surface area (TPSA) is 27.3 Å². The predicted octanol–water partition coefficient (Wildman–Crippen LogP) is 5.58. The lowest BCUT2D eigenvalue weighted by Crippen LogP contribution is -3.00. The highest BCUT2D eigenvalue weighted by Gasteiger charge is 2.79. The number of hydrogen-bond acceptors (Lipinski definition) is 2. The van der Waals surface area contributed by atoms with E-state index in [1.165, 1.54) is 67.7 Å². The van der Waals surface area contributed by atoms with Crippen molar-refractivity contribution in [3.63, 3.8) is 0 Å². The van der Waals surface area contributed by atoms with Gasteiger partial charge in [-0.3, -0.25) is 0 Å². The van der Waals surface area contributed by atoms with Crippen molar-refractivity contribution in [1.82, 2.24) is 4.57 Å². The van der Waals surface area contributed by atoms with Gasteiger partial charge in [-0.1, -0.05) is 64.1 Å². The van der Waals surface area contributed by atoms with Crippen molar-refractivity contribution in [3.8, 4) is 0 Å². The molecular formula is C41H53BrN2O2. The minimum Gasteiger partial charge on any atom is -1.00 e. The zero-order chi connectivity index (χ0) is 30.3. The Hall–Kier alpha value is -1.69. The Kier molecular flexibility index (Phi) is 6.72. The number of aromatic nitrogens is 2. The van der Waals surface area contributed by atoms with E-state index in [4.69, 9.17) is 9.47 Å². The van der Waals surface area contributed by atoms with Crippen LogP contribution in [-0.2, 0) is 16.0 Å². The molecule has 46 heavy (non-hydrogen) atoms. The van der Waals surface area contributed by atoms with Gasteiger partial charge in [0.05, 0.1) is 12.7 Å². The van der Waals surface area contributed by atoms with Crippen LogP contribution in [-0.4, -0.2) is 23.1 Å². The summed E-state index contributed by atoms with van der Waals surface area (Å²) in [5, 5.41) is 2.66. The molecule has 10 rings (SSSR count). The molecule has 5 saturated carbocycles. The van der Waals surface area contributed by atoms with E-state index < -0.39 is 0 Å². The lowest BCUT2D eigenvalue weighted by Gasteiger charge is -2.60. The number of imidazole rings is 1. The lowest BCUT2D eigenvalue weighted by molar-refractivity contribution is -0.688. The highest BCUT2D eigenvalue weighted by atomic mass is 79.9. The molecule has 4 nitrogen and oxygen atoms in total. The van der Waals surface area contributed by atoms with Crippen molar-refractivity contribution in [3.05, 3.63) is 66.7 Å². The summed E-state index contributed by atoms with van der Waals surface area (Å²) in [5.41, 5.74) is 2.75. The third kappa shape index (κ3) is 3.89. The zero-order valence-electron chi connectivity index (χ0n) is 28.3. The fourth-order valence-corrected chi connectivity index (χ4v) is 14.0. The van der Waals surface area contributed by atoms with Crippen molar-refractivity contribution in [1.29, 1.82) is 0 Å². The van der Waals surface area contributed by atoms with E-state index in [-0.39, 0.29) is 22.8 Å². The Morgan fingerprint density at radius 3 is 2.59 bits per heavy atom. The molecular weight excluding hydrogens is 632 g/mol. The molecule has 0 unspecified atom stereocenters. The Morgan fingerprint density at radius 1 is 0.935 bits per heavy atom. The first-order chi connectivity index (χ1) is 21.7. The van der Waals surface area contributed by atoms with Gasteiger partial charge in [-0.05, 0) is 120 Å². The monoisotopic (exact) mass is 684 g/mol. The second-order valence-electron chi connectivity index (χ2n) is 17.8. The summed E-state index contributed by atoms with van der Waals surface area (Å²) < 4.78 is 18.9. The summed E-state index contributed by atoms with van der Waals surface area (Å²) in [6.07, 6.45) is 19.8. The fraction of sp³-hybridized carbons (Fsp3) is 0.683. The molecule has 0 radical (unpaired) electrons. The average molecular weight is 686 g/mol. The first kappa shape index (κ1) is 30.4. The molecule has 2 aromatic carbocycles. The summed E-state index contributed by atoms with van der Waals surface area (Å²) in [6.45, 7) is 12.1. The molecule has 0 N–H and O–H groups in total. The smallest absolute Gasteiger partial charge is 0.244 e. The summed E-state index contributed by atoms with van der Waals surface area (Å²) >= 11 is 0. The second kappa shape index (κ2) is 10.2. The lowest BCUT2D eigenvalue weighted by atomic mass is 9.44. The van der Waals surface area contributed by atoms with Crippen LogP contribution < -0.4 is 21.5 Å². The van der Waals surface area contributed by atoms with Crippen LogP contribution in [0.3, 0.4) is 0 Å². The van der Waals surface area contributed by atoms with E-state index in [1.807, 2.05) is 0 Å². The molecule has 0 amide bonds. The van der Waals surface area contributed by atoms with Crippen LogP contribution in [0.2, 0.25) is 0 Å². The minimum atomic E-state index is -0.311. The van der Waals surface area contributed by atoms with Gasteiger partial charge < -0.3 is 26.5 Å². The van der Waals surface area contributed by atoms with Gasteiger partial charge >= 0.3 is 0 Å². The molecule has 5 heteroatoms. The Balaban J connectivity index is 0.00000292. The molecule has 1 aromatic heterocycles. The van der Waals surface area contributed by atoms with E-state index >= 15 is 0 Å². The van der Waals surface area contributed by atoms with Crippen molar-refractivity contribution in [2.45, 2.75) is 110 Å². The fourth-order valence-electron chi connectivity index (χ4n) is 14.0. The van der Waals surface area contributed by atoms with Crippen LogP contribution in [0.25, 0.3) is 10.8 Å². The standard InChI is InChI=1S/C41H53N2O2.BrH/c1-26-11-16-41(44-24-26)27(2)37-35(45-41)21-34-32-20-36(40-22-31(40)12-15-39(40,4)33(32)13-14-38(34,37)3)43-18-17-42(25-43)23-28-9-10-29-7-5-6-8-30(29)19-28;/h5-10,17-19,25-27,31-37H,11-16,20-24H2,1-4H3;1H/q+1;/p-1/t26-,27+,31-,32-,33+,34+,35+,36+,37+,38+,39-,40+,41-;/m1./s1. The largest absolute Gasteiger partial charge is 1.00 e. The molecule has 7 fully saturated rings. The molecule has 0 bridgehead atoms. The number of halogens is 1. The highest BCUT2D eigenvalue weighted by Crippen LogP contribution is 2.84. The van der Waals surface area contributed by atoms with Crippen LogP contribution in [0.4, 0.5) is 0 Å². The quantitative estimate of drug-likeness (QED) is 0.337. The number of benzene rings is 2. The molecule has 13 atom stereocenters. The molecule has 7 aliphatic rings. The van der Waals surface area contributed by atoms with E-state index in [9.17, 15) is 0 Å². The maximum Gasteiger partial charge on any atom is 0.244 e. The number of hydrogen-bond donors (Lipinski definition) is 0. The predicted molar refractivity (Wildman–Crippen MR) is 176 cm³/mol. The molecule has 2 spiro atoms. The first-order valence-electron chi connectivity index (χ1n) is 18.6. The van der Waals surface area contributed by atoms with Gasteiger partial charge in [0.15, 0.2) is 5.79 Å². The summed E-state index contributed by atoms with van der Waals surface area (Å²) in [4.78, 5) is 0. The third-order valence-electron chi connectivity index (χ3n) is 16.1. The van der Waals surface area contributed by atoms with Crippen molar-refractivity contribution in [2.75, 3.05) is 6.61 Å². The number of nitrogens with zero attached hydrogens (tertiary/aromatic N) is 2. The van der Waals surface area contributed by atoms with Crippen LogP contribution in [0, 0.1) is 57.7 Å². The molecule has 2 saturated heterocycles. The molecule has 2 aliphatic heterocycles. The first-order valence-corrected chi connectivity index (χ1v) is 18.6. The molecule has 3 heterocycles. The van der Waals surface area contributed by atoms with Gasteiger partial charge in [0, 0.05) is 17.8 Å². The van der Waals surface area contributed by atoms with E-state index in [0.717, 1.165) is 43.2 Å². The minimum absolute atomic E-state index is 0. The summed E-state index contributed by atoms with van der Waals surface area (Å²) in [6, 6.07) is 16.3. The van der Waals surface area contributed by atoms with Gasteiger partial charge in [0.1, 0.15) is 25.0 Å². The molecule has 246 valence electrons. The Bertz CT molecular complexity index is 1660. The van der Waals surface area contributed by atoms with E-state index in [0.29, 0.717) is 46.1 Å². The van der Waals surface area contributed by atoms with Gasteiger partial charge in [0.25, 0.3) is 0 Å². The van der Waals surface area contributed by atoms with Crippen molar-refractivity contribution >= 4 is 10.8 Å². The van der Waals surface area contributed by atoms with Gasteiger partial charge in [-0.15, -0.1) is 0 Å². The van der Waals surface area contributed by atoms with Gasteiger partial charge in [-0.2, -0.15) is 0 Å². The van der Waals surface area contributed by atoms with Gasteiger partial charge in [0.2, 0.25) is 6.33 Å². The number of fused-ring (bicyclic) bond motifs is 7. The maximum atomic E-state index is 7.12. The maximum absolute atomic E-state index is 7.12. The van der Waals surface area contributed by atoms with E-state index in [1.54, 1.807) is 0 Å². The third-order valence-corrected chi connectivity index (χ3v) is 16.1. The normalized spacial score (nSPS) is 48.3. The Morgan fingerprint density at radius 2 is 1.78 bits per heavy atom.